The predicted octanol–water partition coefficient (Wildman–Crippen LogP) is 3.86. The fourth-order valence-corrected chi connectivity index (χ4v) is 8.47. The number of aromatic nitrogens is 5. The molecule has 2 unspecified atom stereocenters. The molecule has 0 spiro atoms. The van der Waals surface area contributed by atoms with E-state index < -0.39 is 65.5 Å². The van der Waals surface area contributed by atoms with Crippen molar-refractivity contribution in [3.05, 3.63) is 92.9 Å². The number of unbranched alkanes of at least 4 members (excludes halogenated alkanes) is 1. The van der Waals surface area contributed by atoms with E-state index in [2.05, 4.69) is 52.5 Å². The highest BCUT2D eigenvalue weighted by molar-refractivity contribution is 5.99. The van der Waals surface area contributed by atoms with Crippen LogP contribution in [-0.2, 0) is 57.5 Å². The van der Waals surface area contributed by atoms with Crippen LogP contribution in [0.1, 0.15) is 111 Å². The van der Waals surface area contributed by atoms with Crippen molar-refractivity contribution in [3.8, 4) is 11.5 Å². The Hall–Kier alpha value is -7.98. The van der Waals surface area contributed by atoms with Crippen LogP contribution in [0.15, 0.2) is 57.9 Å². The minimum atomic E-state index is -1.08. The molecular weight excluding hydrogens is 1090 g/mol. The summed E-state index contributed by atoms with van der Waals surface area (Å²) in [7, 11) is 0. The molecule has 2 atom stereocenters. The highest BCUT2D eigenvalue weighted by atomic mass is 16.6. The number of nitrogens with zero attached hydrogens (tertiary/aromatic N) is 4. The molecule has 2 aromatic carbocycles. The number of benzene rings is 2. The van der Waals surface area contributed by atoms with Gasteiger partial charge in [-0.25, -0.2) is 19.1 Å². The smallest absolute Gasteiger partial charge is 0.407 e. The van der Waals surface area contributed by atoms with Crippen molar-refractivity contribution in [3.63, 3.8) is 0 Å². The lowest BCUT2D eigenvalue weighted by atomic mass is 10.1. The minimum Gasteiger partial charge on any atom is -0.493 e. The summed E-state index contributed by atoms with van der Waals surface area (Å²) in [4.78, 5) is 89.1. The first-order chi connectivity index (χ1) is 40.3. The van der Waals surface area contributed by atoms with Crippen LogP contribution in [0.2, 0.25) is 0 Å². The van der Waals surface area contributed by atoms with Crippen LogP contribution < -0.4 is 53.0 Å². The molecule has 0 bridgehead atoms. The molecule has 27 heteroatoms. The van der Waals surface area contributed by atoms with Gasteiger partial charge in [0.25, 0.3) is 0 Å². The number of aromatic amines is 1. The number of aromatic carboxylic acids is 1. The SMILES string of the molecule is Cc1n[nH]c(C)c1CCCOc1cc(OCCCc2cn(CCOCCOCCOCCC(=O)NC(CCCNN)C(=O)NCC(=O)NC(CCCCNC(=O)OC(C)(C)C)C(=O)Nc3ccc4c(C)cc(=O)oc4c3)nn2)cc(C(=O)O)c1. The second-order valence-electron chi connectivity index (χ2n) is 20.8. The first-order valence-corrected chi connectivity index (χ1v) is 28.2. The van der Waals surface area contributed by atoms with E-state index in [1.54, 1.807) is 50.6 Å². The summed E-state index contributed by atoms with van der Waals surface area (Å²) in [5.41, 5.74) is 6.58. The van der Waals surface area contributed by atoms with E-state index in [9.17, 15) is 38.7 Å². The molecule has 0 saturated carbocycles. The summed E-state index contributed by atoms with van der Waals surface area (Å²) >= 11 is 0. The molecule has 0 aliphatic heterocycles. The maximum atomic E-state index is 13.6. The van der Waals surface area contributed by atoms with Gasteiger partial charge in [0.1, 0.15) is 34.8 Å². The lowest BCUT2D eigenvalue weighted by Gasteiger charge is -2.21. The van der Waals surface area contributed by atoms with Gasteiger partial charge in [-0.3, -0.25) is 35.5 Å². The number of H-pyrrole nitrogens is 1. The Morgan fingerprint density at radius 2 is 1.42 bits per heavy atom. The van der Waals surface area contributed by atoms with Crippen molar-refractivity contribution in [2.24, 2.45) is 5.84 Å². The Morgan fingerprint density at radius 3 is 2.10 bits per heavy atom. The maximum absolute atomic E-state index is 13.6. The molecule has 10 N–H and O–H groups in total. The molecule has 3 aromatic heterocycles. The van der Waals surface area contributed by atoms with Crippen molar-refractivity contribution in [1.82, 2.24) is 51.9 Å². The van der Waals surface area contributed by atoms with Gasteiger partial charge < -0.3 is 64.5 Å². The molecule has 0 aliphatic carbocycles. The number of fused-ring (bicyclic) bond motifs is 1. The van der Waals surface area contributed by atoms with Crippen molar-refractivity contribution < 1.29 is 66.7 Å². The fourth-order valence-electron chi connectivity index (χ4n) is 8.47. The van der Waals surface area contributed by atoms with Gasteiger partial charge in [-0.2, -0.15) is 5.10 Å². The molecule has 27 nitrogen and oxygen atoms in total. The number of alkyl carbamates (subject to hydrolysis) is 1. The standard InChI is InChI=1S/C57H82N12O15/c1-37-30-52(72)83-49-33-41(16-17-45(37)49)62-54(74)48(14-7-8-19-59-56(77)84-57(4,5)6)64-51(71)35-60-53(73)47(15-9-20-61-58)63-50(70)18-24-78-26-28-80-29-27-79-25-21-69-36-42(67-68-69)12-10-22-81-43-31-40(55(75)76)32-44(34-43)82-23-11-13-46-38(2)65-66-39(46)3/h16-17,30-34,36,47-48,61H,7-15,18-29,35,58H2,1-6H3,(H,59,77)(H,60,73)(H,62,74)(H,63,70)(H,64,71)(H,65,66)(H,75,76). The summed E-state index contributed by atoms with van der Waals surface area (Å²) < 4.78 is 40.9. The van der Waals surface area contributed by atoms with Crippen LogP contribution in [-0.4, -0.2) is 156 Å². The largest absolute Gasteiger partial charge is 0.493 e. The Balaban J connectivity index is 0.941. The number of rotatable bonds is 39. The van der Waals surface area contributed by atoms with E-state index in [0.717, 1.165) is 35.5 Å². The minimum absolute atomic E-state index is 0.0538. The maximum Gasteiger partial charge on any atom is 0.407 e. The quantitative estimate of drug-likeness (QED) is 0.0117. The number of amides is 5. The summed E-state index contributed by atoms with van der Waals surface area (Å²) in [5, 5.41) is 39.3. The normalized spacial score (nSPS) is 12.1. The number of carbonyl (C=O) groups is 6. The number of nitrogens with one attached hydrogen (secondary N) is 7. The molecule has 5 rings (SSSR count). The zero-order valence-electron chi connectivity index (χ0n) is 48.9. The molecule has 460 valence electrons. The predicted molar refractivity (Wildman–Crippen MR) is 308 cm³/mol. The average molecular weight is 1180 g/mol. The van der Waals surface area contributed by atoms with Crippen molar-refractivity contribution in [2.45, 2.75) is 130 Å². The summed E-state index contributed by atoms with van der Waals surface area (Å²) in [6.45, 7) is 13.8. The molecule has 3 heterocycles. The van der Waals surface area contributed by atoms with E-state index in [-0.39, 0.29) is 56.8 Å². The van der Waals surface area contributed by atoms with Gasteiger partial charge in [-0.1, -0.05) is 5.21 Å². The lowest BCUT2D eigenvalue weighted by Crippen LogP contribution is -2.51. The average Bonchev–Trinajstić information content (AvgIpc) is 4.07. The number of carboxylic acids is 1. The number of hydrogen-bond donors (Lipinski definition) is 9. The highest BCUT2D eigenvalue weighted by Crippen LogP contribution is 2.25. The second-order valence-corrected chi connectivity index (χ2v) is 20.8. The van der Waals surface area contributed by atoms with Gasteiger partial charge in [0, 0.05) is 60.7 Å². The van der Waals surface area contributed by atoms with Crippen LogP contribution in [0.4, 0.5) is 10.5 Å². The molecule has 5 amide bonds. The summed E-state index contributed by atoms with van der Waals surface area (Å²) in [6, 6.07) is 8.80. The molecule has 0 saturated heterocycles. The van der Waals surface area contributed by atoms with E-state index in [4.69, 9.17) is 38.7 Å². The van der Waals surface area contributed by atoms with Crippen molar-refractivity contribution in [1.29, 1.82) is 0 Å². The first kappa shape index (κ1) is 66.8. The second kappa shape index (κ2) is 35.2. The van der Waals surface area contributed by atoms with Gasteiger partial charge in [0.15, 0.2) is 0 Å². The lowest BCUT2D eigenvalue weighted by molar-refractivity contribution is -0.131. The molecule has 0 fully saturated rings. The number of anilines is 1. The van der Waals surface area contributed by atoms with Crippen LogP contribution in [0.5, 0.6) is 11.5 Å². The monoisotopic (exact) mass is 1170 g/mol. The third kappa shape index (κ3) is 24.9. The van der Waals surface area contributed by atoms with Crippen LogP contribution in [0, 0.1) is 20.8 Å². The molecule has 5 aromatic rings. The zero-order valence-corrected chi connectivity index (χ0v) is 48.9. The summed E-state index contributed by atoms with van der Waals surface area (Å²) in [6.07, 6.45) is 5.58. The molecular formula is C57H82N12O15. The third-order valence-electron chi connectivity index (χ3n) is 12.7. The number of carbonyl (C=O) groups excluding carboxylic acids is 5. The number of aryl methyl sites for hydroxylation is 4. The third-order valence-corrected chi connectivity index (χ3v) is 12.7. The molecule has 0 aliphatic rings. The van der Waals surface area contributed by atoms with Gasteiger partial charge >= 0.3 is 17.7 Å². The topological polar surface area (TPSA) is 366 Å². The van der Waals surface area contributed by atoms with Crippen LogP contribution >= 0.6 is 0 Å². The molecule has 84 heavy (non-hydrogen) atoms. The van der Waals surface area contributed by atoms with Crippen molar-refractivity contribution in [2.75, 3.05) is 77.8 Å². The van der Waals surface area contributed by atoms with E-state index in [1.807, 2.05) is 20.0 Å². The van der Waals surface area contributed by atoms with E-state index in [1.165, 1.54) is 24.3 Å². The van der Waals surface area contributed by atoms with Gasteiger partial charge in [0.05, 0.1) is 82.9 Å². The van der Waals surface area contributed by atoms with Crippen LogP contribution in [0.3, 0.4) is 0 Å². The van der Waals surface area contributed by atoms with E-state index in [0.29, 0.717) is 106 Å². The Morgan fingerprint density at radius 1 is 0.750 bits per heavy atom. The number of hydrogen-bond acceptors (Lipinski definition) is 19. The Kier molecular flexibility index (Phi) is 28.0. The highest BCUT2D eigenvalue weighted by Gasteiger charge is 2.25. The first-order valence-electron chi connectivity index (χ1n) is 28.2. The van der Waals surface area contributed by atoms with Gasteiger partial charge in [-0.05, 0) is 135 Å². The summed E-state index contributed by atoms with van der Waals surface area (Å²) in [5.74, 6) is 2.87. The van der Waals surface area contributed by atoms with Gasteiger partial charge in [0.2, 0.25) is 23.6 Å². The fraction of sp³-hybridized carbons (Fsp3) is 0.544. The number of carboxylic acid groups (broad SMARTS) is 1. The number of ether oxygens (including phenoxy) is 6. The van der Waals surface area contributed by atoms with Crippen LogP contribution in [0.25, 0.3) is 11.0 Å². The van der Waals surface area contributed by atoms with Gasteiger partial charge in [-0.15, -0.1) is 5.10 Å². The number of hydrazine groups is 1. The Labute approximate surface area is 487 Å². The molecule has 0 radical (unpaired) electrons. The Bertz CT molecular complexity index is 2950. The zero-order chi connectivity index (χ0) is 60.9. The van der Waals surface area contributed by atoms with E-state index >= 15 is 0 Å². The van der Waals surface area contributed by atoms with Crippen molar-refractivity contribution >= 4 is 52.3 Å². The number of nitrogens with two attached hydrogens (primary N) is 1.